The number of nitrogens with zero attached hydrogens (tertiary/aromatic N) is 3. The van der Waals surface area contributed by atoms with Crippen molar-refractivity contribution in [2.24, 2.45) is 0 Å². The monoisotopic (exact) mass is 535 g/mol. The van der Waals surface area contributed by atoms with Crippen molar-refractivity contribution in [2.45, 2.75) is 0 Å². The van der Waals surface area contributed by atoms with E-state index in [1.807, 2.05) is 18.5 Å². The van der Waals surface area contributed by atoms with Gasteiger partial charge in [-0.05, 0) is 65.5 Å². The van der Waals surface area contributed by atoms with E-state index in [4.69, 9.17) is 0 Å². The molecule has 0 spiro atoms. The number of benzene rings is 6. The molecule has 3 heteroatoms. The Morgan fingerprint density at radius 1 is 0.405 bits per heavy atom. The Morgan fingerprint density at radius 2 is 1.12 bits per heavy atom. The van der Waals surface area contributed by atoms with Gasteiger partial charge in [0.05, 0.1) is 22.1 Å². The fraction of sp³-hybridized carbons (Fsp3) is 0. The van der Waals surface area contributed by atoms with E-state index in [1.54, 1.807) is 0 Å². The second-order valence-electron chi connectivity index (χ2n) is 10.9. The van der Waals surface area contributed by atoms with Crippen molar-refractivity contribution in [1.29, 1.82) is 0 Å². The largest absolute Gasteiger partial charge is 0.309 e. The summed E-state index contributed by atoms with van der Waals surface area (Å²) in [6.45, 7) is 0. The van der Waals surface area contributed by atoms with E-state index in [1.165, 1.54) is 60.1 Å². The van der Waals surface area contributed by atoms with Crippen LogP contribution in [0.25, 0.3) is 76.9 Å². The molecular formula is C39H25N3. The van der Waals surface area contributed by atoms with E-state index >= 15 is 0 Å². The summed E-state index contributed by atoms with van der Waals surface area (Å²) in [4.78, 5) is 4.36. The molecule has 3 heterocycles. The third kappa shape index (κ3) is 3.31. The van der Waals surface area contributed by atoms with E-state index in [2.05, 4.69) is 148 Å². The zero-order valence-corrected chi connectivity index (χ0v) is 22.8. The maximum absolute atomic E-state index is 4.36. The minimum Gasteiger partial charge on any atom is -0.309 e. The van der Waals surface area contributed by atoms with E-state index in [-0.39, 0.29) is 0 Å². The first-order chi connectivity index (χ1) is 20.8. The fourth-order valence-electron chi connectivity index (χ4n) is 6.73. The average molecular weight is 536 g/mol. The predicted molar refractivity (Wildman–Crippen MR) is 176 cm³/mol. The maximum atomic E-state index is 4.36. The van der Waals surface area contributed by atoms with Crippen LogP contribution >= 0.6 is 0 Å². The summed E-state index contributed by atoms with van der Waals surface area (Å²) in [5, 5.41) is 7.51. The van der Waals surface area contributed by atoms with Gasteiger partial charge in [0.2, 0.25) is 0 Å². The van der Waals surface area contributed by atoms with Gasteiger partial charge in [0, 0.05) is 56.3 Å². The SMILES string of the molecule is c1ccc(-n2c3ccccc3c3cc4c(ccc5c6ccccc6n(-c6cccc(-c7cccnc7)c6)c45)cc32)cc1. The lowest BCUT2D eigenvalue weighted by Gasteiger charge is -2.12. The first kappa shape index (κ1) is 23.1. The molecule has 0 saturated carbocycles. The van der Waals surface area contributed by atoms with Crippen LogP contribution in [-0.2, 0) is 0 Å². The van der Waals surface area contributed by atoms with E-state index in [9.17, 15) is 0 Å². The van der Waals surface area contributed by atoms with Gasteiger partial charge in [-0.25, -0.2) is 0 Å². The normalized spacial score (nSPS) is 11.8. The highest BCUT2D eigenvalue weighted by molar-refractivity contribution is 6.22. The van der Waals surface area contributed by atoms with Crippen LogP contribution in [0.4, 0.5) is 0 Å². The Balaban J connectivity index is 1.41. The number of hydrogen-bond acceptors (Lipinski definition) is 1. The molecule has 0 unspecified atom stereocenters. The van der Waals surface area contributed by atoms with Crippen LogP contribution in [0.15, 0.2) is 152 Å². The quantitative estimate of drug-likeness (QED) is 0.221. The van der Waals surface area contributed by atoms with Crippen LogP contribution in [0.1, 0.15) is 0 Å². The molecule has 0 atom stereocenters. The summed E-state index contributed by atoms with van der Waals surface area (Å²) < 4.78 is 4.83. The molecule has 0 amide bonds. The van der Waals surface area contributed by atoms with Gasteiger partial charge < -0.3 is 9.13 Å². The third-order valence-electron chi connectivity index (χ3n) is 8.56. The van der Waals surface area contributed by atoms with Crippen molar-refractivity contribution in [3.63, 3.8) is 0 Å². The molecule has 0 aliphatic rings. The maximum Gasteiger partial charge on any atom is 0.0619 e. The van der Waals surface area contributed by atoms with Crippen LogP contribution in [0, 0.1) is 0 Å². The smallest absolute Gasteiger partial charge is 0.0619 e. The van der Waals surface area contributed by atoms with Crippen LogP contribution in [-0.4, -0.2) is 14.1 Å². The standard InChI is InChI=1S/C39H25N3/c1-2-12-29(13-3-1)41-36-17-6-5-16-32(36)35-24-34-27(23-38(35)41)19-20-33-31-15-4-7-18-37(31)42(39(33)34)30-14-8-10-26(22-30)28-11-9-21-40-25-28/h1-25H. The van der Waals surface area contributed by atoms with Gasteiger partial charge in [0.15, 0.2) is 0 Å². The second-order valence-corrected chi connectivity index (χ2v) is 10.9. The number of hydrogen-bond donors (Lipinski definition) is 0. The van der Waals surface area contributed by atoms with Gasteiger partial charge in [-0.3, -0.25) is 4.98 Å². The van der Waals surface area contributed by atoms with Crippen LogP contribution in [0.5, 0.6) is 0 Å². The van der Waals surface area contributed by atoms with Crippen molar-refractivity contribution in [3.8, 4) is 22.5 Å². The summed E-state index contributed by atoms with van der Waals surface area (Å²) in [7, 11) is 0. The van der Waals surface area contributed by atoms with E-state index in [0.29, 0.717) is 0 Å². The number of rotatable bonds is 3. The Kier molecular flexibility index (Phi) is 4.90. The lowest BCUT2D eigenvalue weighted by Crippen LogP contribution is -1.96. The van der Waals surface area contributed by atoms with Crippen molar-refractivity contribution in [1.82, 2.24) is 14.1 Å². The Bertz CT molecular complexity index is 2450. The van der Waals surface area contributed by atoms with Gasteiger partial charge >= 0.3 is 0 Å². The first-order valence-corrected chi connectivity index (χ1v) is 14.3. The Morgan fingerprint density at radius 3 is 1.93 bits per heavy atom. The molecule has 9 rings (SSSR count). The van der Waals surface area contributed by atoms with Gasteiger partial charge in [-0.15, -0.1) is 0 Å². The molecule has 0 N–H and O–H groups in total. The lowest BCUT2D eigenvalue weighted by atomic mass is 10.0. The third-order valence-corrected chi connectivity index (χ3v) is 8.56. The number of aromatic nitrogens is 3. The Hall–Kier alpha value is -5.67. The fourth-order valence-corrected chi connectivity index (χ4v) is 6.73. The van der Waals surface area contributed by atoms with E-state index < -0.39 is 0 Å². The minimum atomic E-state index is 1.11. The van der Waals surface area contributed by atoms with Crippen molar-refractivity contribution in [2.75, 3.05) is 0 Å². The molecule has 0 saturated heterocycles. The topological polar surface area (TPSA) is 22.8 Å². The molecule has 0 aliphatic carbocycles. The average Bonchev–Trinajstić information content (AvgIpc) is 3.57. The summed E-state index contributed by atoms with van der Waals surface area (Å²) in [5.41, 5.74) is 9.45. The highest BCUT2D eigenvalue weighted by atomic mass is 15.0. The van der Waals surface area contributed by atoms with Crippen molar-refractivity contribution in [3.05, 3.63) is 152 Å². The van der Waals surface area contributed by atoms with Crippen LogP contribution < -0.4 is 0 Å². The molecular weight excluding hydrogens is 510 g/mol. The molecule has 0 bridgehead atoms. The van der Waals surface area contributed by atoms with Crippen molar-refractivity contribution >= 4 is 54.4 Å². The van der Waals surface area contributed by atoms with E-state index in [0.717, 1.165) is 16.8 Å². The highest BCUT2D eigenvalue weighted by Gasteiger charge is 2.18. The Labute approximate surface area is 242 Å². The molecule has 0 fully saturated rings. The van der Waals surface area contributed by atoms with Gasteiger partial charge in [0.25, 0.3) is 0 Å². The summed E-state index contributed by atoms with van der Waals surface area (Å²) in [5.74, 6) is 0. The summed E-state index contributed by atoms with van der Waals surface area (Å²) in [6.07, 6.45) is 3.75. The molecule has 42 heavy (non-hydrogen) atoms. The number of fused-ring (bicyclic) bond motifs is 8. The molecule has 6 aromatic carbocycles. The van der Waals surface area contributed by atoms with Crippen molar-refractivity contribution < 1.29 is 0 Å². The van der Waals surface area contributed by atoms with Gasteiger partial charge in [-0.1, -0.05) is 84.9 Å². The lowest BCUT2D eigenvalue weighted by molar-refractivity contribution is 1.18. The summed E-state index contributed by atoms with van der Waals surface area (Å²) >= 11 is 0. The number of para-hydroxylation sites is 3. The predicted octanol–water partition coefficient (Wildman–Crippen LogP) is 10.1. The molecule has 0 aliphatic heterocycles. The van der Waals surface area contributed by atoms with Gasteiger partial charge in [-0.2, -0.15) is 0 Å². The van der Waals surface area contributed by atoms with Crippen LogP contribution in [0.2, 0.25) is 0 Å². The number of pyridine rings is 1. The van der Waals surface area contributed by atoms with Gasteiger partial charge in [0.1, 0.15) is 0 Å². The molecule has 9 aromatic rings. The summed E-state index contributed by atoms with van der Waals surface area (Å²) in [6, 6.07) is 50.4. The minimum absolute atomic E-state index is 1.11. The zero-order valence-electron chi connectivity index (χ0n) is 22.8. The first-order valence-electron chi connectivity index (χ1n) is 14.3. The zero-order chi connectivity index (χ0) is 27.6. The second kappa shape index (κ2) is 8.92. The molecule has 3 aromatic heterocycles. The molecule has 196 valence electrons. The molecule has 3 nitrogen and oxygen atoms in total. The highest BCUT2D eigenvalue weighted by Crippen LogP contribution is 2.41. The molecule has 0 radical (unpaired) electrons. The van der Waals surface area contributed by atoms with Crippen LogP contribution in [0.3, 0.4) is 0 Å².